The molecule has 0 spiro atoms. The molecule has 7 nitrogen and oxygen atoms in total. The standard InChI is InChI=1S/C22H36N4O3Si/c1-22(2,3)30(4,5)29-19-14-25(21-23-12-16(13-24-21)15-6-7-15)10-8-17(19)26-11-9-18(27)20(26)28/h12-13,15,17-19,27H,6-11,14H2,1-5H3/t17-,18-,19-/m1/s1. The molecule has 0 radical (unpaired) electrons. The lowest BCUT2D eigenvalue weighted by molar-refractivity contribution is -0.138. The average molecular weight is 433 g/mol. The molecule has 3 fully saturated rings. The molecule has 1 amide bonds. The van der Waals surface area contributed by atoms with Crippen LogP contribution in [-0.2, 0) is 9.22 Å². The highest BCUT2D eigenvalue weighted by molar-refractivity contribution is 6.74. The summed E-state index contributed by atoms with van der Waals surface area (Å²) in [5.74, 6) is 1.24. The SMILES string of the molecule is CC(C)(C)[Si](C)(C)O[C@@H]1CN(c2ncc(C3CC3)cn2)CC[C@H]1N1CC[C@@H](O)C1=O. The number of carbonyl (C=O) groups is 1. The van der Waals surface area contributed by atoms with Gasteiger partial charge in [0.2, 0.25) is 5.95 Å². The van der Waals surface area contributed by atoms with Crippen LogP contribution in [0.2, 0.25) is 18.1 Å². The summed E-state index contributed by atoms with van der Waals surface area (Å²) in [6.45, 7) is 13.3. The van der Waals surface area contributed by atoms with Crippen LogP contribution in [-0.4, -0.2) is 72.1 Å². The molecule has 2 aliphatic heterocycles. The van der Waals surface area contributed by atoms with Crippen molar-refractivity contribution in [2.75, 3.05) is 24.5 Å². The molecule has 0 bridgehead atoms. The smallest absolute Gasteiger partial charge is 0.251 e. The lowest BCUT2D eigenvalue weighted by atomic mass is 10.0. The molecule has 1 aromatic heterocycles. The predicted octanol–water partition coefficient (Wildman–Crippen LogP) is 2.92. The molecule has 166 valence electrons. The van der Waals surface area contributed by atoms with Crippen LogP contribution >= 0.6 is 0 Å². The average Bonchev–Trinajstić information content (AvgIpc) is 3.48. The zero-order valence-electron chi connectivity index (χ0n) is 19.0. The van der Waals surface area contributed by atoms with Gasteiger partial charge in [-0.2, -0.15) is 0 Å². The van der Waals surface area contributed by atoms with Crippen LogP contribution in [0.4, 0.5) is 5.95 Å². The molecule has 3 atom stereocenters. The van der Waals surface area contributed by atoms with Crippen LogP contribution in [0.25, 0.3) is 0 Å². The number of likely N-dealkylation sites (tertiary alicyclic amines) is 1. The Balaban J connectivity index is 1.54. The van der Waals surface area contributed by atoms with E-state index in [1.165, 1.54) is 18.4 Å². The van der Waals surface area contributed by atoms with Gasteiger partial charge < -0.3 is 19.3 Å². The van der Waals surface area contributed by atoms with Crippen molar-refractivity contribution >= 4 is 20.2 Å². The number of aliphatic hydroxyl groups excluding tert-OH is 1. The third kappa shape index (κ3) is 4.27. The quantitative estimate of drug-likeness (QED) is 0.721. The van der Waals surface area contributed by atoms with Gasteiger partial charge in [-0.25, -0.2) is 9.97 Å². The van der Waals surface area contributed by atoms with E-state index in [-0.39, 0.29) is 23.1 Å². The normalized spacial score (nSPS) is 28.3. The summed E-state index contributed by atoms with van der Waals surface area (Å²) in [5, 5.41) is 10.1. The van der Waals surface area contributed by atoms with E-state index in [4.69, 9.17) is 4.43 Å². The van der Waals surface area contributed by atoms with Gasteiger partial charge in [-0.05, 0) is 55.3 Å². The molecule has 8 heteroatoms. The van der Waals surface area contributed by atoms with Crippen molar-refractivity contribution in [2.45, 2.75) is 88.8 Å². The maximum absolute atomic E-state index is 12.6. The monoisotopic (exact) mass is 432 g/mol. The molecule has 3 aliphatic rings. The minimum Gasteiger partial charge on any atom is -0.410 e. The summed E-state index contributed by atoms with van der Waals surface area (Å²) in [6, 6.07) is -0.00855. The Labute approximate surface area is 181 Å². The number of aliphatic hydroxyl groups is 1. The zero-order chi connectivity index (χ0) is 21.7. The van der Waals surface area contributed by atoms with Gasteiger partial charge >= 0.3 is 0 Å². The molecule has 2 saturated heterocycles. The predicted molar refractivity (Wildman–Crippen MR) is 119 cm³/mol. The first-order valence-corrected chi connectivity index (χ1v) is 14.2. The summed E-state index contributed by atoms with van der Waals surface area (Å²) < 4.78 is 6.84. The van der Waals surface area contributed by atoms with Gasteiger partial charge in [0.05, 0.1) is 12.1 Å². The van der Waals surface area contributed by atoms with E-state index in [1.54, 1.807) is 0 Å². The maximum Gasteiger partial charge on any atom is 0.251 e. The number of aromatic nitrogens is 2. The summed E-state index contributed by atoms with van der Waals surface area (Å²) >= 11 is 0. The largest absolute Gasteiger partial charge is 0.410 e. The van der Waals surface area contributed by atoms with Crippen molar-refractivity contribution in [1.82, 2.24) is 14.9 Å². The molecule has 3 heterocycles. The number of carbonyl (C=O) groups excluding carboxylic acids is 1. The second kappa shape index (κ2) is 7.87. The van der Waals surface area contributed by atoms with Gasteiger partial charge in [0, 0.05) is 32.0 Å². The molecule has 1 N–H and O–H groups in total. The fourth-order valence-electron chi connectivity index (χ4n) is 4.25. The van der Waals surface area contributed by atoms with E-state index < -0.39 is 14.4 Å². The summed E-state index contributed by atoms with van der Waals surface area (Å²) in [4.78, 5) is 25.9. The third-order valence-corrected chi connectivity index (χ3v) is 11.9. The van der Waals surface area contributed by atoms with E-state index in [1.807, 2.05) is 17.3 Å². The molecule has 30 heavy (non-hydrogen) atoms. The van der Waals surface area contributed by atoms with E-state index in [2.05, 4.69) is 48.7 Å². The third-order valence-electron chi connectivity index (χ3n) is 7.38. The Morgan fingerprint density at radius 2 is 1.77 bits per heavy atom. The van der Waals surface area contributed by atoms with Crippen molar-refractivity contribution in [3.05, 3.63) is 18.0 Å². The van der Waals surface area contributed by atoms with Gasteiger partial charge in [0.1, 0.15) is 6.10 Å². The number of hydrogen-bond donors (Lipinski definition) is 1. The zero-order valence-corrected chi connectivity index (χ0v) is 20.0. The van der Waals surface area contributed by atoms with Crippen molar-refractivity contribution in [2.24, 2.45) is 0 Å². The Hall–Kier alpha value is -1.51. The van der Waals surface area contributed by atoms with Gasteiger partial charge in [0.15, 0.2) is 8.32 Å². The van der Waals surface area contributed by atoms with Crippen LogP contribution < -0.4 is 4.90 Å². The fourth-order valence-corrected chi connectivity index (χ4v) is 5.59. The highest BCUT2D eigenvalue weighted by Crippen LogP contribution is 2.40. The molecule has 0 unspecified atom stereocenters. The Bertz CT molecular complexity index is 776. The molecule has 1 aromatic rings. The molecule has 0 aromatic carbocycles. The molecule has 1 saturated carbocycles. The van der Waals surface area contributed by atoms with Gasteiger partial charge in [-0.3, -0.25) is 4.79 Å². The number of nitrogens with zero attached hydrogens (tertiary/aromatic N) is 4. The first-order chi connectivity index (χ1) is 14.1. The summed E-state index contributed by atoms with van der Waals surface area (Å²) in [5.41, 5.74) is 1.24. The highest BCUT2D eigenvalue weighted by Gasteiger charge is 2.46. The minimum absolute atomic E-state index is 0.00855. The molecular weight excluding hydrogens is 396 g/mol. The fraction of sp³-hybridized carbons (Fsp3) is 0.773. The highest BCUT2D eigenvalue weighted by atomic mass is 28.4. The Morgan fingerprint density at radius 1 is 1.10 bits per heavy atom. The number of rotatable bonds is 5. The van der Waals surface area contributed by atoms with E-state index in [0.717, 1.165) is 18.9 Å². The lowest BCUT2D eigenvalue weighted by Gasteiger charge is -2.47. The van der Waals surface area contributed by atoms with Gasteiger partial charge in [-0.1, -0.05) is 20.8 Å². The first-order valence-electron chi connectivity index (χ1n) is 11.3. The van der Waals surface area contributed by atoms with Crippen molar-refractivity contribution in [1.29, 1.82) is 0 Å². The summed E-state index contributed by atoms with van der Waals surface area (Å²) in [7, 11) is -2.04. The van der Waals surface area contributed by atoms with Gasteiger partial charge in [-0.15, -0.1) is 0 Å². The Morgan fingerprint density at radius 3 is 2.30 bits per heavy atom. The number of anilines is 1. The Kier molecular flexibility index (Phi) is 5.70. The van der Waals surface area contributed by atoms with Crippen LogP contribution in [0.15, 0.2) is 12.4 Å². The number of piperidine rings is 1. The second-order valence-electron chi connectivity index (χ2n) is 10.6. The minimum atomic E-state index is -2.04. The molecule has 4 rings (SSSR count). The van der Waals surface area contributed by atoms with Crippen molar-refractivity contribution in [3.8, 4) is 0 Å². The van der Waals surface area contributed by atoms with E-state index >= 15 is 0 Å². The van der Waals surface area contributed by atoms with Crippen LogP contribution in [0.1, 0.15) is 57.9 Å². The lowest BCUT2D eigenvalue weighted by Crippen LogP contribution is -2.60. The summed E-state index contributed by atoms with van der Waals surface area (Å²) in [6.07, 6.45) is 6.75. The van der Waals surface area contributed by atoms with E-state index in [9.17, 15) is 9.90 Å². The molecular formula is C22H36N4O3Si. The number of amides is 1. The number of hydrogen-bond acceptors (Lipinski definition) is 6. The second-order valence-corrected chi connectivity index (χ2v) is 15.4. The van der Waals surface area contributed by atoms with Crippen LogP contribution in [0.3, 0.4) is 0 Å². The topological polar surface area (TPSA) is 78.8 Å². The maximum atomic E-state index is 12.6. The van der Waals surface area contributed by atoms with Crippen LogP contribution in [0.5, 0.6) is 0 Å². The van der Waals surface area contributed by atoms with Gasteiger partial charge in [0.25, 0.3) is 5.91 Å². The van der Waals surface area contributed by atoms with Crippen LogP contribution in [0, 0.1) is 0 Å². The van der Waals surface area contributed by atoms with E-state index in [0.29, 0.717) is 25.4 Å². The van der Waals surface area contributed by atoms with Crippen molar-refractivity contribution in [3.63, 3.8) is 0 Å². The first kappa shape index (κ1) is 21.7. The molecule has 1 aliphatic carbocycles. The van der Waals surface area contributed by atoms with Crippen molar-refractivity contribution < 1.29 is 14.3 Å².